The van der Waals surface area contributed by atoms with Gasteiger partial charge in [-0.25, -0.2) is 9.99 Å². The summed E-state index contributed by atoms with van der Waals surface area (Å²) in [5.41, 5.74) is 2.22. The zero-order chi connectivity index (χ0) is 17.4. The molecule has 2 aliphatic heterocycles. The molecule has 0 amide bonds. The van der Waals surface area contributed by atoms with Crippen LogP contribution in [0.1, 0.15) is 5.01 Å². The van der Waals surface area contributed by atoms with Crippen molar-refractivity contribution >= 4 is 34.3 Å². The Morgan fingerprint density at radius 2 is 2.08 bits per heavy atom. The van der Waals surface area contributed by atoms with E-state index in [1.807, 2.05) is 34.7 Å². The Morgan fingerprint density at radius 3 is 2.84 bits per heavy atom. The number of aliphatic hydroxyl groups is 1. The van der Waals surface area contributed by atoms with Crippen molar-refractivity contribution in [1.29, 1.82) is 5.41 Å². The van der Waals surface area contributed by atoms with E-state index in [1.165, 1.54) is 11.3 Å². The van der Waals surface area contributed by atoms with Gasteiger partial charge in [0.2, 0.25) is 0 Å². The highest BCUT2D eigenvalue weighted by Crippen LogP contribution is 2.33. The molecule has 1 aromatic carbocycles. The number of ether oxygens (including phenoxy) is 1. The number of morpholine rings is 1. The summed E-state index contributed by atoms with van der Waals surface area (Å²) in [5, 5.41) is 26.0. The molecular weight excluding hydrogens is 360 g/mol. The molecule has 1 fully saturated rings. The molecule has 2 aliphatic rings. The minimum atomic E-state index is 0.184. The second kappa shape index (κ2) is 6.76. The molecule has 4 rings (SSSR count). The zero-order valence-electron chi connectivity index (χ0n) is 13.4. The Hall–Kier alpha value is -1.93. The summed E-state index contributed by atoms with van der Waals surface area (Å²) in [4.78, 5) is 4.62. The van der Waals surface area contributed by atoms with Gasteiger partial charge in [-0.2, -0.15) is 0 Å². The molecule has 3 heterocycles. The summed E-state index contributed by atoms with van der Waals surface area (Å²) in [7, 11) is 0. The molecule has 0 unspecified atom stereocenters. The average Bonchev–Trinajstić information content (AvgIpc) is 3.20. The third-order valence-corrected chi connectivity index (χ3v) is 5.35. The largest absolute Gasteiger partial charge is 0.509 e. The predicted octanol–water partition coefficient (Wildman–Crippen LogP) is 3.27. The first-order valence-electron chi connectivity index (χ1n) is 7.96. The first-order chi connectivity index (χ1) is 12.1. The highest BCUT2D eigenvalue weighted by atomic mass is 35.5. The number of aromatic nitrogens is 1. The maximum Gasteiger partial charge on any atom is 0.149 e. The molecule has 0 aliphatic carbocycles. The summed E-state index contributed by atoms with van der Waals surface area (Å²) in [6.45, 7) is 3.01. The fourth-order valence-corrected chi connectivity index (χ4v) is 4.08. The van der Waals surface area contributed by atoms with Crippen molar-refractivity contribution < 1.29 is 9.84 Å². The first-order valence-corrected chi connectivity index (χ1v) is 9.22. The molecule has 130 valence electrons. The Morgan fingerprint density at radius 1 is 1.28 bits per heavy atom. The van der Waals surface area contributed by atoms with Crippen LogP contribution in [0, 0.1) is 5.41 Å². The van der Waals surface area contributed by atoms with E-state index in [4.69, 9.17) is 21.7 Å². The number of aliphatic hydroxyl groups excluding tert-OH is 1. The lowest BCUT2D eigenvalue weighted by molar-refractivity contribution is -0.0465. The lowest BCUT2D eigenvalue weighted by atomic mass is 10.2. The lowest BCUT2D eigenvalue weighted by Crippen LogP contribution is -2.49. The molecular formula is C17H17ClN4O2S. The van der Waals surface area contributed by atoms with Crippen LogP contribution >= 0.6 is 22.9 Å². The number of nitrogens with one attached hydrogen (secondary N) is 1. The number of benzene rings is 1. The van der Waals surface area contributed by atoms with Gasteiger partial charge in [-0.15, -0.1) is 11.3 Å². The Kier molecular flexibility index (Phi) is 4.47. The number of halogens is 1. The first kappa shape index (κ1) is 16.5. The van der Waals surface area contributed by atoms with Gasteiger partial charge in [-0.3, -0.25) is 10.4 Å². The molecule has 2 aromatic rings. The molecule has 8 heteroatoms. The van der Waals surface area contributed by atoms with Crippen molar-refractivity contribution in [2.45, 2.75) is 0 Å². The topological polar surface area (TPSA) is 72.7 Å². The van der Waals surface area contributed by atoms with E-state index in [2.05, 4.69) is 4.98 Å². The zero-order valence-corrected chi connectivity index (χ0v) is 15.0. The van der Waals surface area contributed by atoms with E-state index in [9.17, 15) is 5.11 Å². The van der Waals surface area contributed by atoms with Crippen LogP contribution < -0.4 is 0 Å². The standard InChI is InChI=1S/C17H17ClN4O2S/c18-12-3-1-2-11(8-12)13-10-25-17(20-13)15-14(23)9-22(16(15)19)21-4-6-24-7-5-21/h1-3,8,10,19,23H,4-7,9H2. The second-order valence-corrected chi connectivity index (χ2v) is 7.14. The summed E-state index contributed by atoms with van der Waals surface area (Å²) >= 11 is 7.47. The molecule has 2 N–H and O–H groups in total. The van der Waals surface area contributed by atoms with Crippen molar-refractivity contribution in [2.24, 2.45) is 0 Å². The van der Waals surface area contributed by atoms with Crippen molar-refractivity contribution in [3.05, 3.63) is 45.4 Å². The van der Waals surface area contributed by atoms with Gasteiger partial charge in [0, 0.05) is 29.1 Å². The average molecular weight is 377 g/mol. The molecule has 1 aromatic heterocycles. The Bertz CT molecular complexity index is 845. The van der Waals surface area contributed by atoms with Gasteiger partial charge in [-0.1, -0.05) is 23.7 Å². The number of rotatable bonds is 3. The van der Waals surface area contributed by atoms with Crippen molar-refractivity contribution in [3.63, 3.8) is 0 Å². The van der Waals surface area contributed by atoms with Crippen LogP contribution in [0.4, 0.5) is 0 Å². The maximum atomic E-state index is 10.4. The van der Waals surface area contributed by atoms with Crippen LogP contribution in [0.25, 0.3) is 16.8 Å². The summed E-state index contributed by atoms with van der Waals surface area (Å²) in [5.74, 6) is 0.467. The number of hydrogen-bond donors (Lipinski definition) is 2. The van der Waals surface area contributed by atoms with Crippen LogP contribution in [0.15, 0.2) is 35.4 Å². The Labute approximate surface area is 154 Å². The summed E-state index contributed by atoms with van der Waals surface area (Å²) in [6.07, 6.45) is 0. The van der Waals surface area contributed by atoms with Gasteiger partial charge >= 0.3 is 0 Å². The highest BCUT2D eigenvalue weighted by molar-refractivity contribution is 7.11. The molecule has 0 radical (unpaired) electrons. The van der Waals surface area contributed by atoms with Crippen LogP contribution in [-0.2, 0) is 4.74 Å². The predicted molar refractivity (Wildman–Crippen MR) is 98.9 cm³/mol. The lowest BCUT2D eigenvalue weighted by Gasteiger charge is -2.35. The summed E-state index contributed by atoms with van der Waals surface area (Å²) in [6, 6.07) is 7.50. The van der Waals surface area contributed by atoms with E-state index in [1.54, 1.807) is 5.01 Å². The fraction of sp³-hybridized carbons (Fsp3) is 0.294. The third-order valence-electron chi connectivity index (χ3n) is 4.25. The van der Waals surface area contributed by atoms with Crippen LogP contribution in [0.5, 0.6) is 0 Å². The van der Waals surface area contributed by atoms with Gasteiger partial charge in [0.1, 0.15) is 16.6 Å². The van der Waals surface area contributed by atoms with Crippen molar-refractivity contribution in [2.75, 3.05) is 32.8 Å². The smallest absolute Gasteiger partial charge is 0.149 e. The highest BCUT2D eigenvalue weighted by Gasteiger charge is 2.34. The summed E-state index contributed by atoms with van der Waals surface area (Å²) < 4.78 is 5.36. The number of amidine groups is 1. The number of thiazole rings is 1. The van der Waals surface area contributed by atoms with E-state index in [-0.39, 0.29) is 11.6 Å². The van der Waals surface area contributed by atoms with Gasteiger partial charge in [-0.05, 0) is 12.1 Å². The minimum Gasteiger partial charge on any atom is -0.509 e. The van der Waals surface area contributed by atoms with Crippen LogP contribution in [0.3, 0.4) is 0 Å². The van der Waals surface area contributed by atoms with Gasteiger partial charge in [0.05, 0.1) is 31.0 Å². The van der Waals surface area contributed by atoms with Gasteiger partial charge in [0.25, 0.3) is 0 Å². The monoisotopic (exact) mass is 376 g/mol. The quantitative estimate of drug-likeness (QED) is 0.860. The molecule has 25 heavy (non-hydrogen) atoms. The van der Waals surface area contributed by atoms with Crippen molar-refractivity contribution in [1.82, 2.24) is 15.0 Å². The fourth-order valence-electron chi connectivity index (χ4n) is 3.00. The molecule has 0 bridgehead atoms. The van der Waals surface area contributed by atoms with E-state index >= 15 is 0 Å². The minimum absolute atomic E-state index is 0.184. The second-order valence-electron chi connectivity index (χ2n) is 5.84. The van der Waals surface area contributed by atoms with E-state index in [0.29, 0.717) is 48.5 Å². The molecule has 0 saturated carbocycles. The maximum absolute atomic E-state index is 10.4. The van der Waals surface area contributed by atoms with E-state index < -0.39 is 0 Å². The van der Waals surface area contributed by atoms with Crippen molar-refractivity contribution in [3.8, 4) is 11.3 Å². The Balaban J connectivity index is 1.59. The molecule has 1 saturated heterocycles. The molecule has 6 nitrogen and oxygen atoms in total. The molecule has 0 spiro atoms. The number of hydrogen-bond acceptors (Lipinski definition) is 6. The normalized spacial score (nSPS) is 19.1. The van der Waals surface area contributed by atoms with Crippen LogP contribution in [-0.4, -0.2) is 58.8 Å². The van der Waals surface area contributed by atoms with Gasteiger partial charge < -0.3 is 9.84 Å². The van der Waals surface area contributed by atoms with Crippen LogP contribution in [0.2, 0.25) is 5.02 Å². The molecule has 0 atom stereocenters. The van der Waals surface area contributed by atoms with E-state index in [0.717, 1.165) is 11.3 Å². The van der Waals surface area contributed by atoms with Gasteiger partial charge in [0.15, 0.2) is 0 Å². The number of hydrazine groups is 1. The SMILES string of the molecule is N=C1C(c2nc(-c3cccc(Cl)c3)cs2)=C(O)CN1N1CCOCC1. The number of nitrogens with zero attached hydrogens (tertiary/aromatic N) is 3. The third kappa shape index (κ3) is 3.16.